The smallest absolute Gasteiger partial charge is 0.275 e. The van der Waals surface area contributed by atoms with Gasteiger partial charge in [-0.25, -0.2) is 0 Å². The van der Waals surface area contributed by atoms with Crippen molar-refractivity contribution in [1.82, 2.24) is 0 Å². The number of hydrogen-bond acceptors (Lipinski definition) is 4. The van der Waals surface area contributed by atoms with Crippen LogP contribution in [0.5, 0.6) is 0 Å². The van der Waals surface area contributed by atoms with E-state index in [1.54, 1.807) is 24.3 Å². The van der Waals surface area contributed by atoms with Gasteiger partial charge in [0.1, 0.15) is 5.25 Å². The molecule has 0 aliphatic heterocycles. The van der Waals surface area contributed by atoms with Crippen molar-refractivity contribution in [3.05, 3.63) is 54.1 Å². The summed E-state index contributed by atoms with van der Waals surface area (Å²) in [5.74, 6) is 0. The van der Waals surface area contributed by atoms with Gasteiger partial charge in [0.05, 0.1) is 5.54 Å². The minimum Gasteiger partial charge on any atom is -0.398 e. The molecule has 0 bridgehead atoms. The number of para-hydroxylation sites is 1. The van der Waals surface area contributed by atoms with Gasteiger partial charge in [-0.1, -0.05) is 42.5 Å². The maximum absolute atomic E-state index is 11.0. The molecule has 2 rings (SSSR count). The molecule has 18 heavy (non-hydrogen) atoms. The predicted octanol–water partition coefficient (Wildman–Crippen LogP) is 0.805. The normalized spacial score (nSPS) is 27.3. The molecule has 0 radical (unpaired) electrons. The largest absolute Gasteiger partial charge is 0.398 e. The zero-order valence-corrected chi connectivity index (χ0v) is 10.3. The Morgan fingerprint density at radius 2 is 1.72 bits per heavy atom. The van der Waals surface area contributed by atoms with Crippen LogP contribution in [0, 0.1) is 0 Å². The molecule has 0 unspecified atom stereocenters. The molecule has 0 aromatic heterocycles. The number of nitrogen functional groups attached to an aromatic ring is 1. The second-order valence-corrected chi connectivity index (χ2v) is 5.79. The van der Waals surface area contributed by atoms with Gasteiger partial charge in [-0.15, -0.1) is 0 Å². The molecule has 1 aromatic rings. The van der Waals surface area contributed by atoms with Crippen LogP contribution in [0.4, 0.5) is 5.69 Å². The molecule has 5 nitrogen and oxygen atoms in total. The van der Waals surface area contributed by atoms with E-state index in [2.05, 4.69) is 0 Å². The van der Waals surface area contributed by atoms with E-state index in [-0.39, 0.29) is 0 Å². The van der Waals surface area contributed by atoms with E-state index in [0.717, 1.165) is 0 Å². The van der Waals surface area contributed by atoms with Crippen molar-refractivity contribution in [3.63, 3.8) is 0 Å². The van der Waals surface area contributed by atoms with Crippen LogP contribution in [-0.2, 0) is 15.7 Å². The molecule has 1 aliphatic rings. The Labute approximate surface area is 106 Å². The molecule has 0 atom stereocenters. The van der Waals surface area contributed by atoms with E-state index in [1.165, 1.54) is 24.3 Å². The Morgan fingerprint density at radius 3 is 2.22 bits per heavy atom. The average molecular weight is 266 g/mol. The third kappa shape index (κ3) is 2.31. The lowest BCUT2D eigenvalue weighted by atomic mass is 9.86. The summed E-state index contributed by atoms with van der Waals surface area (Å²) >= 11 is 0. The van der Waals surface area contributed by atoms with Gasteiger partial charge in [0.25, 0.3) is 10.1 Å². The van der Waals surface area contributed by atoms with Gasteiger partial charge >= 0.3 is 0 Å². The minimum absolute atomic E-state index is 0.527. The van der Waals surface area contributed by atoms with Crippen molar-refractivity contribution >= 4 is 15.8 Å². The summed E-state index contributed by atoms with van der Waals surface area (Å²) in [5, 5.41) is -1.06. The highest BCUT2D eigenvalue weighted by atomic mass is 32.2. The third-order valence-electron chi connectivity index (χ3n) is 2.89. The Kier molecular flexibility index (Phi) is 3.02. The number of benzene rings is 1. The van der Waals surface area contributed by atoms with E-state index in [1.807, 2.05) is 0 Å². The summed E-state index contributed by atoms with van der Waals surface area (Å²) < 4.78 is 30.9. The lowest BCUT2D eigenvalue weighted by Crippen LogP contribution is -2.36. The molecular formula is C12H14N2O3S. The first kappa shape index (κ1) is 12.8. The molecule has 5 N–H and O–H groups in total. The molecule has 1 aliphatic carbocycles. The average Bonchev–Trinajstić information content (AvgIpc) is 2.28. The van der Waals surface area contributed by atoms with Crippen molar-refractivity contribution < 1.29 is 13.0 Å². The SMILES string of the molecule is Nc1ccccc1C1(N)C=CC(S(=O)(=O)O)C=C1. The summed E-state index contributed by atoms with van der Waals surface area (Å²) in [7, 11) is -4.13. The van der Waals surface area contributed by atoms with Crippen molar-refractivity contribution in [1.29, 1.82) is 0 Å². The van der Waals surface area contributed by atoms with E-state index >= 15 is 0 Å². The number of nitrogens with two attached hydrogens (primary N) is 2. The van der Waals surface area contributed by atoms with Crippen molar-refractivity contribution in [2.75, 3.05) is 5.73 Å². The molecule has 96 valence electrons. The van der Waals surface area contributed by atoms with Crippen LogP contribution < -0.4 is 11.5 Å². The van der Waals surface area contributed by atoms with Crippen molar-refractivity contribution in [2.45, 2.75) is 10.8 Å². The molecule has 0 saturated heterocycles. The fourth-order valence-corrected chi connectivity index (χ4v) is 2.45. The van der Waals surface area contributed by atoms with Crippen LogP contribution in [-0.4, -0.2) is 18.2 Å². The monoisotopic (exact) mass is 266 g/mol. The second kappa shape index (κ2) is 4.24. The fourth-order valence-electron chi connectivity index (χ4n) is 1.90. The van der Waals surface area contributed by atoms with Crippen molar-refractivity contribution in [3.8, 4) is 0 Å². The van der Waals surface area contributed by atoms with Gasteiger partial charge in [-0.05, 0) is 6.07 Å². The van der Waals surface area contributed by atoms with Crippen LogP contribution >= 0.6 is 0 Å². The molecule has 0 saturated carbocycles. The van der Waals surface area contributed by atoms with Crippen molar-refractivity contribution in [2.24, 2.45) is 5.73 Å². The van der Waals surface area contributed by atoms with Crippen LogP contribution in [0.25, 0.3) is 0 Å². The summed E-state index contributed by atoms with van der Waals surface area (Å²) in [6.45, 7) is 0. The number of hydrogen-bond donors (Lipinski definition) is 3. The van der Waals surface area contributed by atoms with Crippen LogP contribution in [0.2, 0.25) is 0 Å². The standard InChI is InChI=1S/C12H14N2O3S/c13-11-4-2-1-3-10(11)12(14)7-5-9(6-8-12)18(15,16)17/h1-9H,13-14H2,(H,15,16,17). The van der Waals surface area contributed by atoms with Gasteiger partial charge < -0.3 is 11.5 Å². The summed E-state index contributed by atoms with van der Waals surface area (Å²) in [6.07, 6.45) is 5.75. The second-order valence-electron chi connectivity index (χ2n) is 4.22. The van der Waals surface area contributed by atoms with Gasteiger partial charge in [-0.3, -0.25) is 4.55 Å². The Hall–Kier alpha value is -1.63. The summed E-state index contributed by atoms with van der Waals surface area (Å²) in [6, 6.07) is 7.09. The Morgan fingerprint density at radius 1 is 1.17 bits per heavy atom. The Bertz CT molecular complexity index is 606. The lowest BCUT2D eigenvalue weighted by molar-refractivity contribution is 0.480. The topological polar surface area (TPSA) is 106 Å². The molecule has 0 fully saturated rings. The van der Waals surface area contributed by atoms with E-state index < -0.39 is 20.9 Å². The lowest BCUT2D eigenvalue weighted by Gasteiger charge is -2.27. The van der Waals surface area contributed by atoms with Crippen LogP contribution in [0.15, 0.2) is 48.6 Å². The summed E-state index contributed by atoms with van der Waals surface area (Å²) in [4.78, 5) is 0. The number of rotatable bonds is 2. The first-order valence-electron chi connectivity index (χ1n) is 5.32. The van der Waals surface area contributed by atoms with Gasteiger partial charge in [-0.2, -0.15) is 8.42 Å². The molecular weight excluding hydrogens is 252 g/mol. The highest BCUT2D eigenvalue weighted by molar-refractivity contribution is 7.86. The molecule has 0 spiro atoms. The number of anilines is 1. The fraction of sp³-hybridized carbons (Fsp3) is 0.167. The Balaban J connectivity index is 2.39. The molecule has 6 heteroatoms. The van der Waals surface area contributed by atoms with Gasteiger partial charge in [0.2, 0.25) is 0 Å². The predicted molar refractivity (Wildman–Crippen MR) is 70.3 cm³/mol. The minimum atomic E-state index is -4.13. The highest BCUT2D eigenvalue weighted by Crippen LogP contribution is 2.30. The van der Waals surface area contributed by atoms with Crippen LogP contribution in [0.1, 0.15) is 5.56 Å². The quantitative estimate of drug-likeness (QED) is 0.417. The zero-order chi connectivity index (χ0) is 13.4. The highest BCUT2D eigenvalue weighted by Gasteiger charge is 2.29. The van der Waals surface area contributed by atoms with E-state index in [4.69, 9.17) is 16.0 Å². The van der Waals surface area contributed by atoms with Crippen LogP contribution in [0.3, 0.4) is 0 Å². The first-order chi connectivity index (χ1) is 8.33. The maximum Gasteiger partial charge on any atom is 0.275 e. The molecule has 0 heterocycles. The maximum atomic E-state index is 11.0. The molecule has 1 aromatic carbocycles. The van der Waals surface area contributed by atoms with E-state index in [0.29, 0.717) is 11.3 Å². The van der Waals surface area contributed by atoms with E-state index in [9.17, 15) is 8.42 Å². The van der Waals surface area contributed by atoms with Gasteiger partial charge in [0, 0.05) is 11.3 Å². The first-order valence-corrected chi connectivity index (χ1v) is 6.82. The summed E-state index contributed by atoms with van der Waals surface area (Å²) in [5.41, 5.74) is 12.3. The molecule has 0 amide bonds. The zero-order valence-electron chi connectivity index (χ0n) is 9.52. The third-order valence-corrected chi connectivity index (χ3v) is 3.90. The van der Waals surface area contributed by atoms with Gasteiger partial charge in [0.15, 0.2) is 0 Å².